The summed E-state index contributed by atoms with van der Waals surface area (Å²) in [7, 11) is 5.07. The minimum atomic E-state index is -1.59. The Balaban J connectivity index is 2.16. The SMILES string of the molecule is CNC(=O)C(C(=O)NO)N(C)C(=O)c1ccc(C#Cc2ccc(C(=O)N(C)C(C(=O)NC)C(=O)NO)cc2)cc1. The minimum Gasteiger partial charge on any atom is -0.357 e. The van der Waals surface area contributed by atoms with E-state index in [9.17, 15) is 28.8 Å². The van der Waals surface area contributed by atoms with Crippen molar-refractivity contribution in [2.45, 2.75) is 12.1 Å². The molecule has 2 aromatic carbocycles. The number of nitrogens with one attached hydrogen (secondary N) is 4. The number of hydroxylamine groups is 2. The number of amides is 6. The Morgan fingerprint density at radius 3 is 1.15 bits per heavy atom. The van der Waals surface area contributed by atoms with Gasteiger partial charge in [0, 0.05) is 50.4 Å². The number of nitrogens with zero attached hydrogens (tertiary/aromatic N) is 2. The zero-order chi connectivity index (χ0) is 30.0. The predicted octanol–water partition coefficient (Wildman–Crippen LogP) is -1.53. The molecule has 0 aromatic heterocycles. The van der Waals surface area contributed by atoms with Crippen LogP contribution in [0.2, 0.25) is 0 Å². The molecule has 2 atom stereocenters. The van der Waals surface area contributed by atoms with Crippen LogP contribution in [0.1, 0.15) is 31.8 Å². The summed E-state index contributed by atoms with van der Waals surface area (Å²) in [6, 6.07) is 8.93. The summed E-state index contributed by atoms with van der Waals surface area (Å²) in [6.07, 6.45) is 0. The maximum Gasteiger partial charge on any atom is 0.275 e. The van der Waals surface area contributed by atoms with Gasteiger partial charge < -0.3 is 20.4 Å². The molecular weight excluding hydrogens is 524 g/mol. The Morgan fingerprint density at radius 1 is 0.600 bits per heavy atom. The van der Waals surface area contributed by atoms with E-state index in [1.807, 2.05) is 0 Å². The van der Waals surface area contributed by atoms with Gasteiger partial charge >= 0.3 is 0 Å². The highest BCUT2D eigenvalue weighted by Crippen LogP contribution is 2.12. The van der Waals surface area contributed by atoms with Crippen molar-refractivity contribution in [1.29, 1.82) is 0 Å². The van der Waals surface area contributed by atoms with Crippen LogP contribution < -0.4 is 21.6 Å². The molecule has 0 aliphatic carbocycles. The summed E-state index contributed by atoms with van der Waals surface area (Å²) in [5.74, 6) is 0.811. The first-order valence-electron chi connectivity index (χ1n) is 11.6. The highest BCUT2D eigenvalue weighted by atomic mass is 16.5. The number of benzene rings is 2. The normalized spacial score (nSPS) is 11.4. The van der Waals surface area contributed by atoms with Crippen molar-refractivity contribution in [2.75, 3.05) is 28.2 Å². The molecule has 0 spiro atoms. The zero-order valence-electron chi connectivity index (χ0n) is 22.0. The van der Waals surface area contributed by atoms with E-state index in [1.54, 1.807) is 24.3 Å². The molecule has 0 heterocycles. The summed E-state index contributed by atoms with van der Waals surface area (Å²) in [5, 5.41) is 22.3. The van der Waals surface area contributed by atoms with Gasteiger partial charge in [0.25, 0.3) is 35.4 Å². The van der Waals surface area contributed by atoms with Crippen LogP contribution in [0.25, 0.3) is 0 Å². The molecule has 0 aliphatic heterocycles. The Kier molecular flexibility index (Phi) is 10.9. The Bertz CT molecular complexity index is 1210. The van der Waals surface area contributed by atoms with Gasteiger partial charge in [0.15, 0.2) is 12.1 Å². The van der Waals surface area contributed by atoms with Gasteiger partial charge in [-0.3, -0.25) is 39.2 Å². The second-order valence-electron chi connectivity index (χ2n) is 8.22. The first-order chi connectivity index (χ1) is 19.0. The lowest BCUT2D eigenvalue weighted by atomic mass is 10.1. The van der Waals surface area contributed by atoms with Crippen molar-refractivity contribution in [2.24, 2.45) is 0 Å². The minimum absolute atomic E-state index is 0.171. The molecule has 14 nitrogen and oxygen atoms in total. The quantitative estimate of drug-likeness (QED) is 0.0981. The number of hydrogen-bond acceptors (Lipinski definition) is 8. The maximum absolute atomic E-state index is 12.8. The molecule has 0 saturated carbocycles. The molecule has 14 heteroatoms. The molecule has 40 heavy (non-hydrogen) atoms. The second-order valence-corrected chi connectivity index (χ2v) is 8.22. The first kappa shape index (κ1) is 31.0. The second kappa shape index (κ2) is 14.0. The fourth-order valence-corrected chi connectivity index (χ4v) is 3.52. The van der Waals surface area contributed by atoms with E-state index in [4.69, 9.17) is 10.4 Å². The first-order valence-corrected chi connectivity index (χ1v) is 11.6. The summed E-state index contributed by atoms with van der Waals surface area (Å²) in [6.45, 7) is 0. The Labute approximate surface area is 229 Å². The summed E-state index contributed by atoms with van der Waals surface area (Å²) in [5.41, 5.74) is 4.16. The van der Waals surface area contributed by atoms with Crippen LogP contribution in [-0.4, -0.2) is 95.9 Å². The third-order valence-corrected chi connectivity index (χ3v) is 5.74. The van der Waals surface area contributed by atoms with Gasteiger partial charge in [-0.05, 0) is 48.5 Å². The van der Waals surface area contributed by atoms with Gasteiger partial charge in [-0.1, -0.05) is 11.8 Å². The molecule has 0 aliphatic rings. The van der Waals surface area contributed by atoms with E-state index in [1.165, 1.54) is 63.4 Å². The average Bonchev–Trinajstić information content (AvgIpc) is 2.99. The monoisotopic (exact) mass is 552 g/mol. The van der Waals surface area contributed by atoms with Crippen LogP contribution in [0.15, 0.2) is 48.5 Å². The van der Waals surface area contributed by atoms with Crippen LogP contribution in [0.4, 0.5) is 0 Å². The lowest BCUT2D eigenvalue weighted by molar-refractivity contribution is -0.142. The molecule has 0 radical (unpaired) electrons. The van der Waals surface area contributed by atoms with Gasteiger partial charge in [0.2, 0.25) is 0 Å². The largest absolute Gasteiger partial charge is 0.357 e. The van der Waals surface area contributed by atoms with E-state index in [-0.39, 0.29) is 11.1 Å². The van der Waals surface area contributed by atoms with Crippen molar-refractivity contribution >= 4 is 35.4 Å². The fraction of sp³-hybridized carbons (Fsp3) is 0.231. The molecule has 2 unspecified atom stereocenters. The van der Waals surface area contributed by atoms with Crippen molar-refractivity contribution < 1.29 is 39.2 Å². The number of carbonyl (C=O) groups excluding carboxylic acids is 6. The maximum atomic E-state index is 12.8. The van der Waals surface area contributed by atoms with Gasteiger partial charge in [-0.25, -0.2) is 11.0 Å². The van der Waals surface area contributed by atoms with Gasteiger partial charge in [-0.2, -0.15) is 0 Å². The highest BCUT2D eigenvalue weighted by Gasteiger charge is 2.34. The Morgan fingerprint density at radius 2 is 0.900 bits per heavy atom. The highest BCUT2D eigenvalue weighted by molar-refractivity contribution is 6.09. The van der Waals surface area contributed by atoms with E-state index in [0.29, 0.717) is 11.1 Å². The summed E-state index contributed by atoms with van der Waals surface area (Å²) < 4.78 is 0. The molecule has 2 aromatic rings. The zero-order valence-corrected chi connectivity index (χ0v) is 22.0. The van der Waals surface area contributed by atoms with E-state index < -0.39 is 47.5 Å². The molecule has 6 N–H and O–H groups in total. The smallest absolute Gasteiger partial charge is 0.275 e. The average molecular weight is 553 g/mol. The van der Waals surface area contributed by atoms with Crippen LogP contribution in [-0.2, 0) is 19.2 Å². The van der Waals surface area contributed by atoms with E-state index >= 15 is 0 Å². The number of carbonyl (C=O) groups is 6. The third kappa shape index (κ3) is 7.19. The van der Waals surface area contributed by atoms with Crippen LogP contribution in [0.3, 0.4) is 0 Å². The lowest BCUT2D eigenvalue weighted by Crippen LogP contribution is -2.54. The molecular formula is C26H28N6O8. The number of rotatable bonds is 8. The molecule has 0 saturated heterocycles. The summed E-state index contributed by atoms with van der Waals surface area (Å²) >= 11 is 0. The van der Waals surface area contributed by atoms with E-state index in [2.05, 4.69) is 22.5 Å². The van der Waals surface area contributed by atoms with Gasteiger partial charge in [0.05, 0.1) is 0 Å². The van der Waals surface area contributed by atoms with E-state index in [0.717, 1.165) is 9.80 Å². The third-order valence-electron chi connectivity index (χ3n) is 5.74. The van der Waals surface area contributed by atoms with Crippen molar-refractivity contribution in [3.8, 4) is 11.8 Å². The van der Waals surface area contributed by atoms with Crippen molar-refractivity contribution in [3.05, 3.63) is 70.8 Å². The summed E-state index contributed by atoms with van der Waals surface area (Å²) in [4.78, 5) is 75.1. The Hall–Kier alpha value is -5.26. The molecule has 0 bridgehead atoms. The fourth-order valence-electron chi connectivity index (χ4n) is 3.52. The number of hydrogen-bond donors (Lipinski definition) is 6. The predicted molar refractivity (Wildman–Crippen MR) is 139 cm³/mol. The van der Waals surface area contributed by atoms with Crippen LogP contribution in [0, 0.1) is 11.8 Å². The van der Waals surface area contributed by atoms with Crippen molar-refractivity contribution in [3.63, 3.8) is 0 Å². The number of likely N-dealkylation sites (N-methyl/N-ethyl adjacent to an activating group) is 4. The molecule has 0 fully saturated rings. The standard InChI is InChI=1S/C26H28N6O8/c1-27-21(33)19(23(35)29-39)31(3)25(37)17-11-7-15(8-12-17)5-6-16-9-13-18(14-10-16)26(38)32(4)20(22(34)28-2)24(36)30-40/h7-14,19-20,39-40H,1-4H3,(H,27,33)(H,28,34)(H,29,35)(H,30,36). The molecule has 2 rings (SSSR count). The van der Waals surface area contributed by atoms with Crippen molar-refractivity contribution in [1.82, 2.24) is 31.4 Å². The van der Waals surface area contributed by atoms with Crippen LogP contribution in [0.5, 0.6) is 0 Å². The van der Waals surface area contributed by atoms with Crippen LogP contribution >= 0.6 is 0 Å². The van der Waals surface area contributed by atoms with Gasteiger partial charge in [0.1, 0.15) is 0 Å². The molecule has 6 amide bonds. The topological polar surface area (TPSA) is 197 Å². The lowest BCUT2D eigenvalue weighted by Gasteiger charge is -2.25. The van der Waals surface area contributed by atoms with Gasteiger partial charge in [-0.15, -0.1) is 0 Å². The molecule has 210 valence electrons.